The first-order valence-electron chi connectivity index (χ1n) is 11.3. The Morgan fingerprint density at radius 2 is 1.54 bits per heavy atom. The van der Waals surface area contributed by atoms with Crippen LogP contribution in [0.2, 0.25) is 5.02 Å². The predicted octanol–water partition coefficient (Wildman–Crippen LogP) is 5.14. The first-order chi connectivity index (χ1) is 16.9. The van der Waals surface area contributed by atoms with E-state index in [4.69, 9.17) is 16.3 Å². The molecule has 35 heavy (non-hydrogen) atoms. The molecular weight excluding hydrogens is 462 g/mol. The number of aryl methyl sites for hydroxylation is 2. The highest BCUT2D eigenvalue weighted by molar-refractivity contribution is 6.30. The molecule has 2 aromatic heterocycles. The summed E-state index contributed by atoms with van der Waals surface area (Å²) in [6, 6.07) is 23.3. The van der Waals surface area contributed by atoms with Crippen LogP contribution in [0.1, 0.15) is 22.9 Å². The zero-order valence-corrected chi connectivity index (χ0v) is 20.2. The zero-order chi connectivity index (χ0) is 24.4. The molecule has 3 heterocycles. The average Bonchev–Trinajstić information content (AvgIpc) is 3.23. The summed E-state index contributed by atoms with van der Waals surface area (Å²) in [6.45, 7) is 2.03. The van der Waals surface area contributed by atoms with Gasteiger partial charge in [-0.2, -0.15) is 0 Å². The molecule has 0 radical (unpaired) electrons. The van der Waals surface area contributed by atoms with E-state index in [9.17, 15) is 9.59 Å². The van der Waals surface area contributed by atoms with Crippen molar-refractivity contribution >= 4 is 22.5 Å². The van der Waals surface area contributed by atoms with Gasteiger partial charge in [-0.3, -0.25) is 13.9 Å². The standard InChI is InChI=1S/C28H22ClN3O3/c1-16-8-10-17(11-9-16)23-22-24(30(2)28(34)31(3)27(22)33)25-26(18-12-14-19(29)15-13-18)35-21-7-5-4-6-20(21)32(23)25/h4-15,26H,1-3H3. The molecule has 7 heteroatoms. The normalized spacial score (nSPS) is 14.5. The number of hydrogen-bond acceptors (Lipinski definition) is 3. The lowest BCUT2D eigenvalue weighted by atomic mass is 10.0. The van der Waals surface area contributed by atoms with Gasteiger partial charge in [0.25, 0.3) is 5.56 Å². The molecule has 0 saturated carbocycles. The third-order valence-electron chi connectivity index (χ3n) is 6.71. The topological polar surface area (TPSA) is 58.2 Å². The first-order valence-corrected chi connectivity index (χ1v) is 11.7. The molecule has 0 aliphatic carbocycles. The Labute approximate surface area is 206 Å². The third-order valence-corrected chi connectivity index (χ3v) is 6.96. The Hall–Kier alpha value is -4.03. The van der Waals surface area contributed by atoms with Gasteiger partial charge in [0.15, 0.2) is 6.10 Å². The molecule has 0 fully saturated rings. The molecule has 6 rings (SSSR count). The van der Waals surface area contributed by atoms with Crippen molar-refractivity contribution in [1.29, 1.82) is 0 Å². The van der Waals surface area contributed by atoms with E-state index in [1.165, 1.54) is 7.05 Å². The van der Waals surface area contributed by atoms with E-state index in [-0.39, 0.29) is 11.2 Å². The predicted molar refractivity (Wildman–Crippen MR) is 138 cm³/mol. The second kappa shape index (κ2) is 7.75. The molecule has 174 valence electrons. The summed E-state index contributed by atoms with van der Waals surface area (Å²) < 4.78 is 11.3. The number of nitrogens with zero attached hydrogens (tertiary/aromatic N) is 3. The van der Waals surface area contributed by atoms with Gasteiger partial charge in [-0.15, -0.1) is 0 Å². The molecule has 0 N–H and O–H groups in total. The van der Waals surface area contributed by atoms with Gasteiger partial charge in [0.2, 0.25) is 0 Å². The largest absolute Gasteiger partial charge is 0.477 e. The van der Waals surface area contributed by atoms with Gasteiger partial charge in [-0.25, -0.2) is 4.79 Å². The number of para-hydroxylation sites is 2. The number of aromatic nitrogens is 3. The molecule has 1 unspecified atom stereocenters. The van der Waals surface area contributed by atoms with E-state index >= 15 is 0 Å². The van der Waals surface area contributed by atoms with Crippen LogP contribution in [0.5, 0.6) is 5.75 Å². The van der Waals surface area contributed by atoms with Crippen molar-refractivity contribution in [1.82, 2.24) is 13.7 Å². The highest BCUT2D eigenvalue weighted by Gasteiger charge is 2.36. The van der Waals surface area contributed by atoms with Crippen LogP contribution in [0.4, 0.5) is 0 Å². The molecule has 3 aromatic carbocycles. The minimum absolute atomic E-state index is 0.340. The van der Waals surface area contributed by atoms with Crippen molar-refractivity contribution < 1.29 is 4.74 Å². The van der Waals surface area contributed by atoms with Crippen LogP contribution in [0.15, 0.2) is 82.4 Å². The lowest BCUT2D eigenvalue weighted by molar-refractivity contribution is 0.229. The summed E-state index contributed by atoms with van der Waals surface area (Å²) >= 11 is 6.17. The highest BCUT2D eigenvalue weighted by Crippen LogP contribution is 2.46. The number of fused-ring (bicyclic) bond motifs is 5. The summed E-state index contributed by atoms with van der Waals surface area (Å²) in [5.74, 6) is 0.690. The van der Waals surface area contributed by atoms with Crippen molar-refractivity contribution in [3.8, 4) is 22.7 Å². The highest BCUT2D eigenvalue weighted by atomic mass is 35.5. The summed E-state index contributed by atoms with van der Waals surface area (Å²) in [5, 5.41) is 1.10. The van der Waals surface area contributed by atoms with E-state index < -0.39 is 6.10 Å². The fraction of sp³-hybridized carbons (Fsp3) is 0.143. The molecule has 0 amide bonds. The molecule has 1 atom stereocenters. The van der Waals surface area contributed by atoms with Crippen LogP contribution in [0, 0.1) is 6.92 Å². The number of benzene rings is 3. The quantitative estimate of drug-likeness (QED) is 0.349. The molecule has 0 spiro atoms. The fourth-order valence-electron chi connectivity index (χ4n) is 4.96. The Kier molecular flexibility index (Phi) is 4.76. The summed E-state index contributed by atoms with van der Waals surface area (Å²) in [7, 11) is 3.21. The second-order valence-electron chi connectivity index (χ2n) is 8.88. The molecule has 6 nitrogen and oxygen atoms in total. The zero-order valence-electron chi connectivity index (χ0n) is 19.4. The van der Waals surface area contributed by atoms with Gasteiger partial charge in [0.1, 0.15) is 5.75 Å². The van der Waals surface area contributed by atoms with Crippen LogP contribution in [0.3, 0.4) is 0 Å². The number of rotatable bonds is 2. The van der Waals surface area contributed by atoms with Crippen molar-refractivity contribution in [3.05, 3.63) is 115 Å². The molecule has 5 aromatic rings. The Balaban J connectivity index is 1.85. The Morgan fingerprint density at radius 3 is 2.26 bits per heavy atom. The molecule has 0 bridgehead atoms. The number of hydrogen-bond donors (Lipinski definition) is 0. The van der Waals surface area contributed by atoms with Crippen LogP contribution >= 0.6 is 11.6 Å². The summed E-state index contributed by atoms with van der Waals surface area (Å²) in [4.78, 5) is 26.7. The van der Waals surface area contributed by atoms with Crippen molar-refractivity contribution in [2.24, 2.45) is 14.1 Å². The van der Waals surface area contributed by atoms with Crippen LogP contribution in [0.25, 0.3) is 27.8 Å². The maximum Gasteiger partial charge on any atom is 0.331 e. The van der Waals surface area contributed by atoms with Crippen molar-refractivity contribution in [2.45, 2.75) is 13.0 Å². The SMILES string of the molecule is Cc1ccc(-c2c3c(=O)n(C)c(=O)n(C)c3c3n2-c2ccccc2OC3c2ccc(Cl)cc2)cc1. The van der Waals surface area contributed by atoms with Gasteiger partial charge in [0.05, 0.1) is 28.0 Å². The second-order valence-corrected chi connectivity index (χ2v) is 9.32. The van der Waals surface area contributed by atoms with E-state index in [1.807, 2.05) is 79.7 Å². The minimum Gasteiger partial charge on any atom is -0.477 e. The van der Waals surface area contributed by atoms with Gasteiger partial charge >= 0.3 is 5.69 Å². The smallest absolute Gasteiger partial charge is 0.331 e. The lowest BCUT2D eigenvalue weighted by Gasteiger charge is -2.30. The lowest BCUT2D eigenvalue weighted by Crippen LogP contribution is -2.37. The Bertz CT molecular complexity index is 1740. The Morgan fingerprint density at radius 1 is 0.857 bits per heavy atom. The third kappa shape index (κ3) is 3.10. The average molecular weight is 484 g/mol. The van der Waals surface area contributed by atoms with Gasteiger partial charge in [0, 0.05) is 19.1 Å². The molecule has 1 aliphatic rings. The molecule has 1 aliphatic heterocycles. The van der Waals surface area contributed by atoms with E-state index in [0.29, 0.717) is 21.7 Å². The minimum atomic E-state index is -0.554. The number of ether oxygens (including phenoxy) is 1. The fourth-order valence-corrected chi connectivity index (χ4v) is 5.09. The van der Waals surface area contributed by atoms with Crippen molar-refractivity contribution in [3.63, 3.8) is 0 Å². The van der Waals surface area contributed by atoms with Gasteiger partial charge in [-0.05, 0) is 42.3 Å². The monoisotopic (exact) mass is 483 g/mol. The maximum absolute atomic E-state index is 13.7. The van der Waals surface area contributed by atoms with Gasteiger partial charge < -0.3 is 9.30 Å². The maximum atomic E-state index is 13.7. The van der Waals surface area contributed by atoms with E-state index in [0.717, 1.165) is 38.3 Å². The van der Waals surface area contributed by atoms with E-state index in [2.05, 4.69) is 4.57 Å². The van der Waals surface area contributed by atoms with Crippen LogP contribution < -0.4 is 16.0 Å². The summed E-state index contributed by atoms with van der Waals surface area (Å²) in [6.07, 6.45) is -0.554. The van der Waals surface area contributed by atoms with E-state index in [1.54, 1.807) is 11.6 Å². The first kappa shape index (κ1) is 21.5. The van der Waals surface area contributed by atoms with Gasteiger partial charge in [-0.1, -0.05) is 65.7 Å². The number of halogens is 1. The van der Waals surface area contributed by atoms with Crippen molar-refractivity contribution in [2.75, 3.05) is 0 Å². The molecule has 0 saturated heterocycles. The van der Waals surface area contributed by atoms with Crippen LogP contribution in [-0.4, -0.2) is 13.7 Å². The molecular formula is C28H22ClN3O3. The van der Waals surface area contributed by atoms with Crippen LogP contribution in [-0.2, 0) is 14.1 Å². The summed E-state index contributed by atoms with van der Waals surface area (Å²) in [5.41, 5.74) is 4.98.